The minimum atomic E-state index is -0.719. The van der Waals surface area contributed by atoms with E-state index in [9.17, 15) is 9.50 Å². The van der Waals surface area contributed by atoms with Crippen molar-refractivity contribution in [3.05, 3.63) is 95.6 Å². The average Bonchev–Trinajstić information content (AvgIpc) is 3.11. The summed E-state index contributed by atoms with van der Waals surface area (Å²) in [6.07, 6.45) is 1.38. The van der Waals surface area contributed by atoms with Gasteiger partial charge in [-0.25, -0.2) is 4.39 Å². The number of halogens is 1. The largest absolute Gasteiger partial charge is 0.387 e. The van der Waals surface area contributed by atoms with E-state index in [-0.39, 0.29) is 11.9 Å². The molecule has 0 amide bonds. The highest BCUT2D eigenvalue weighted by Gasteiger charge is 2.30. The number of aliphatic hydroxyl groups is 1. The zero-order chi connectivity index (χ0) is 17.2. The fraction of sp³-hybridized carbons (Fsp3) is 0.238. The van der Waals surface area contributed by atoms with Crippen LogP contribution >= 0.6 is 0 Å². The number of fused-ring (bicyclic) bond motifs is 1. The van der Waals surface area contributed by atoms with Gasteiger partial charge in [-0.15, -0.1) is 0 Å². The third-order valence-electron chi connectivity index (χ3n) is 4.89. The molecule has 0 saturated carbocycles. The topological polar surface area (TPSA) is 28.4 Å². The van der Waals surface area contributed by atoms with Crippen molar-refractivity contribution in [2.45, 2.75) is 18.7 Å². The Balaban J connectivity index is 1.64. The average molecular weight is 336 g/mol. The first-order chi connectivity index (χ1) is 12.2. The molecule has 0 aliphatic carbocycles. The number of benzene rings is 2. The minimum absolute atomic E-state index is 0.0909. The van der Waals surface area contributed by atoms with Gasteiger partial charge in [0.15, 0.2) is 0 Å². The van der Waals surface area contributed by atoms with E-state index in [0.29, 0.717) is 12.1 Å². The van der Waals surface area contributed by atoms with Crippen molar-refractivity contribution in [1.82, 2.24) is 9.47 Å². The summed E-state index contributed by atoms with van der Waals surface area (Å²) in [5.41, 5.74) is 3.05. The van der Waals surface area contributed by atoms with E-state index in [1.54, 1.807) is 12.1 Å². The number of hydrogen-bond acceptors (Lipinski definition) is 2. The summed E-state index contributed by atoms with van der Waals surface area (Å²) in [6.45, 7) is 2.20. The molecule has 4 rings (SSSR count). The third kappa shape index (κ3) is 3.23. The molecule has 2 atom stereocenters. The van der Waals surface area contributed by atoms with Gasteiger partial charge in [0.05, 0.1) is 12.1 Å². The third-order valence-corrected chi connectivity index (χ3v) is 4.89. The number of hydrogen-bond donors (Lipinski definition) is 1. The number of nitrogens with zero attached hydrogens (tertiary/aromatic N) is 2. The van der Waals surface area contributed by atoms with E-state index >= 15 is 0 Å². The lowest BCUT2D eigenvalue weighted by molar-refractivity contribution is 0.0821. The van der Waals surface area contributed by atoms with Crippen LogP contribution in [0.1, 0.15) is 29.0 Å². The van der Waals surface area contributed by atoms with Crippen LogP contribution in [0.2, 0.25) is 0 Å². The minimum Gasteiger partial charge on any atom is -0.387 e. The maximum atomic E-state index is 13.5. The Morgan fingerprint density at radius 1 is 1.00 bits per heavy atom. The molecule has 1 aliphatic heterocycles. The molecule has 1 N–H and O–H groups in total. The van der Waals surface area contributed by atoms with Crippen molar-refractivity contribution >= 4 is 0 Å². The Hall–Kier alpha value is -2.43. The summed E-state index contributed by atoms with van der Waals surface area (Å²) < 4.78 is 15.7. The van der Waals surface area contributed by atoms with E-state index in [2.05, 4.69) is 39.9 Å². The van der Waals surface area contributed by atoms with Crippen molar-refractivity contribution in [3.8, 4) is 0 Å². The van der Waals surface area contributed by atoms with Gasteiger partial charge >= 0.3 is 0 Å². The first-order valence-electron chi connectivity index (χ1n) is 8.60. The molecular formula is C21H21FN2O. The lowest BCUT2D eigenvalue weighted by Crippen LogP contribution is -2.40. The highest BCUT2D eigenvalue weighted by molar-refractivity contribution is 5.30. The Morgan fingerprint density at radius 3 is 2.64 bits per heavy atom. The van der Waals surface area contributed by atoms with Crippen molar-refractivity contribution in [3.63, 3.8) is 0 Å². The van der Waals surface area contributed by atoms with Crippen molar-refractivity contribution in [2.75, 3.05) is 13.1 Å². The fourth-order valence-electron chi connectivity index (χ4n) is 3.69. The summed E-state index contributed by atoms with van der Waals surface area (Å²) in [5, 5.41) is 10.6. The first-order valence-corrected chi connectivity index (χ1v) is 8.60. The molecule has 2 unspecified atom stereocenters. The van der Waals surface area contributed by atoms with Crippen LogP contribution in [0.5, 0.6) is 0 Å². The second kappa shape index (κ2) is 6.82. The number of aliphatic hydroxyl groups excluding tert-OH is 1. The van der Waals surface area contributed by atoms with Gasteiger partial charge in [-0.1, -0.05) is 42.5 Å². The van der Waals surface area contributed by atoms with Gasteiger partial charge in [0.2, 0.25) is 0 Å². The molecule has 25 heavy (non-hydrogen) atoms. The van der Waals surface area contributed by atoms with Crippen LogP contribution in [0.3, 0.4) is 0 Å². The van der Waals surface area contributed by atoms with Gasteiger partial charge in [-0.2, -0.15) is 0 Å². The number of β-amino-alcohol motifs (C(OH)–C–C–N with tert-alkyl or cyclic N) is 1. The van der Waals surface area contributed by atoms with Gasteiger partial charge in [-0.3, -0.25) is 4.90 Å². The number of rotatable bonds is 4. The van der Waals surface area contributed by atoms with Gasteiger partial charge in [-0.05, 0) is 35.4 Å². The Morgan fingerprint density at radius 2 is 1.84 bits per heavy atom. The Labute approximate surface area is 147 Å². The van der Waals surface area contributed by atoms with Crippen LogP contribution in [-0.2, 0) is 6.54 Å². The van der Waals surface area contributed by atoms with Crippen LogP contribution < -0.4 is 0 Å². The Bertz CT molecular complexity index is 846. The van der Waals surface area contributed by atoms with Crippen LogP contribution in [0.4, 0.5) is 4.39 Å². The molecule has 0 spiro atoms. The van der Waals surface area contributed by atoms with Gasteiger partial charge in [0.25, 0.3) is 0 Å². The normalized spacial score (nSPS) is 18.7. The van der Waals surface area contributed by atoms with E-state index in [4.69, 9.17) is 0 Å². The molecule has 0 saturated heterocycles. The molecule has 3 aromatic rings. The maximum Gasteiger partial charge on any atom is 0.123 e. The molecule has 0 fully saturated rings. The zero-order valence-corrected chi connectivity index (χ0v) is 13.9. The molecule has 128 valence electrons. The van der Waals surface area contributed by atoms with Crippen molar-refractivity contribution in [1.29, 1.82) is 0 Å². The summed E-state index contributed by atoms with van der Waals surface area (Å²) in [4.78, 5) is 2.28. The predicted octanol–water partition coefficient (Wildman–Crippen LogP) is 3.77. The van der Waals surface area contributed by atoms with Crippen molar-refractivity contribution < 1.29 is 9.50 Å². The summed E-state index contributed by atoms with van der Waals surface area (Å²) in [6, 6.07) is 20.9. The lowest BCUT2D eigenvalue weighted by atomic mass is 9.98. The van der Waals surface area contributed by atoms with E-state index in [0.717, 1.165) is 13.1 Å². The van der Waals surface area contributed by atoms with Crippen LogP contribution in [0.25, 0.3) is 0 Å². The SMILES string of the molecule is OC(CN1CCn2cccc2C1c1ccccc1)c1cccc(F)c1. The van der Waals surface area contributed by atoms with Gasteiger partial charge < -0.3 is 9.67 Å². The molecular weight excluding hydrogens is 315 g/mol. The van der Waals surface area contributed by atoms with Crippen molar-refractivity contribution in [2.24, 2.45) is 0 Å². The summed E-state index contributed by atoms with van der Waals surface area (Å²) in [7, 11) is 0. The predicted molar refractivity (Wildman–Crippen MR) is 95.6 cm³/mol. The van der Waals surface area contributed by atoms with Gasteiger partial charge in [0.1, 0.15) is 5.82 Å². The highest BCUT2D eigenvalue weighted by Crippen LogP contribution is 2.33. The monoisotopic (exact) mass is 336 g/mol. The summed E-state index contributed by atoms with van der Waals surface area (Å²) >= 11 is 0. The van der Waals surface area contributed by atoms with Gasteiger partial charge in [0, 0.05) is 31.5 Å². The summed E-state index contributed by atoms with van der Waals surface area (Å²) in [5.74, 6) is -0.316. The van der Waals surface area contributed by atoms with E-state index < -0.39 is 6.10 Å². The molecule has 2 aromatic carbocycles. The molecule has 0 bridgehead atoms. The number of aromatic nitrogens is 1. The van der Waals surface area contributed by atoms with E-state index in [1.807, 2.05) is 18.2 Å². The maximum absolute atomic E-state index is 13.5. The molecule has 4 heteroatoms. The molecule has 2 heterocycles. The second-order valence-corrected chi connectivity index (χ2v) is 6.51. The zero-order valence-electron chi connectivity index (χ0n) is 13.9. The van der Waals surface area contributed by atoms with Crippen LogP contribution in [-0.4, -0.2) is 27.7 Å². The molecule has 0 radical (unpaired) electrons. The first kappa shape index (κ1) is 16.1. The highest BCUT2D eigenvalue weighted by atomic mass is 19.1. The fourth-order valence-corrected chi connectivity index (χ4v) is 3.69. The molecule has 3 nitrogen and oxygen atoms in total. The molecule has 1 aromatic heterocycles. The van der Waals surface area contributed by atoms with Crippen LogP contribution in [0, 0.1) is 5.82 Å². The smallest absolute Gasteiger partial charge is 0.123 e. The molecule has 1 aliphatic rings. The van der Waals surface area contributed by atoms with E-state index in [1.165, 1.54) is 23.4 Å². The lowest BCUT2D eigenvalue weighted by Gasteiger charge is -2.38. The Kier molecular flexibility index (Phi) is 4.38. The van der Waals surface area contributed by atoms with Crippen LogP contribution in [0.15, 0.2) is 72.9 Å². The standard InChI is InChI=1S/C21H21FN2O/c22-18-9-4-8-17(14-18)20(25)15-24-13-12-23-11-5-10-19(23)21(24)16-6-2-1-3-7-16/h1-11,14,20-21,25H,12-13,15H2. The second-order valence-electron chi connectivity index (χ2n) is 6.51. The quantitative estimate of drug-likeness (QED) is 0.786.